The number of alkyl halides is 3. The fourth-order valence-corrected chi connectivity index (χ4v) is 3.52. The van der Waals surface area contributed by atoms with Gasteiger partial charge in [0.25, 0.3) is 11.8 Å². The maximum absolute atomic E-state index is 12.2. The minimum atomic E-state index is -6.03. The Balaban J connectivity index is 1.88. The molecule has 0 aromatic carbocycles. The molecule has 20 heavy (non-hydrogen) atoms. The molecule has 110 valence electrons. The van der Waals surface area contributed by atoms with Crippen LogP contribution in [0.15, 0.2) is 12.2 Å². The SMILES string of the molecule is O=C1C2C3C=C[C@@H](C3)C2C(=O)N1OS(=O)(=O)C(F)(F)F. The van der Waals surface area contributed by atoms with E-state index < -0.39 is 39.3 Å². The highest BCUT2D eigenvalue weighted by Crippen LogP contribution is 2.52. The lowest BCUT2D eigenvalue weighted by molar-refractivity contribution is -0.169. The molecule has 3 unspecified atom stereocenters. The van der Waals surface area contributed by atoms with Crippen LogP contribution in [-0.2, 0) is 24.0 Å². The van der Waals surface area contributed by atoms with E-state index in [4.69, 9.17) is 0 Å². The lowest BCUT2D eigenvalue weighted by Gasteiger charge is -2.16. The molecule has 1 heterocycles. The summed E-state index contributed by atoms with van der Waals surface area (Å²) in [7, 11) is -6.03. The number of hydroxylamine groups is 2. The van der Waals surface area contributed by atoms with Gasteiger partial charge in [-0.05, 0) is 18.3 Å². The zero-order valence-corrected chi connectivity index (χ0v) is 10.5. The van der Waals surface area contributed by atoms with Crippen molar-refractivity contribution in [1.29, 1.82) is 0 Å². The number of amides is 2. The van der Waals surface area contributed by atoms with Gasteiger partial charge < -0.3 is 0 Å². The average Bonchev–Trinajstić information content (AvgIpc) is 2.97. The zero-order chi connectivity index (χ0) is 14.9. The summed E-state index contributed by atoms with van der Waals surface area (Å²) in [6.45, 7) is 0. The van der Waals surface area contributed by atoms with Crippen molar-refractivity contribution in [2.75, 3.05) is 0 Å². The van der Waals surface area contributed by atoms with Crippen molar-refractivity contribution in [2.24, 2.45) is 23.7 Å². The second kappa shape index (κ2) is 3.82. The van der Waals surface area contributed by atoms with E-state index >= 15 is 0 Å². The first-order valence-electron chi connectivity index (χ1n) is 5.70. The monoisotopic (exact) mass is 311 g/mol. The van der Waals surface area contributed by atoms with Crippen molar-refractivity contribution >= 4 is 21.9 Å². The van der Waals surface area contributed by atoms with Gasteiger partial charge >= 0.3 is 15.6 Å². The molecule has 2 bridgehead atoms. The van der Waals surface area contributed by atoms with E-state index in [-0.39, 0.29) is 16.9 Å². The molecule has 2 aliphatic carbocycles. The highest BCUT2D eigenvalue weighted by Gasteiger charge is 2.62. The van der Waals surface area contributed by atoms with Gasteiger partial charge in [0.05, 0.1) is 11.8 Å². The third-order valence-corrected chi connectivity index (χ3v) is 4.80. The van der Waals surface area contributed by atoms with E-state index in [0.29, 0.717) is 6.42 Å². The number of halogens is 3. The van der Waals surface area contributed by atoms with E-state index in [0.717, 1.165) is 0 Å². The second-order valence-corrected chi connectivity index (χ2v) is 6.47. The highest BCUT2D eigenvalue weighted by atomic mass is 32.2. The zero-order valence-electron chi connectivity index (χ0n) is 9.70. The molecule has 0 radical (unpaired) electrons. The summed E-state index contributed by atoms with van der Waals surface area (Å²) in [6.07, 6.45) is 4.02. The Hall–Kier alpha value is -1.42. The van der Waals surface area contributed by atoms with E-state index in [1.807, 2.05) is 0 Å². The summed E-state index contributed by atoms with van der Waals surface area (Å²) in [5.41, 5.74) is -5.69. The molecule has 1 saturated carbocycles. The Labute approximate surface area is 111 Å². The van der Waals surface area contributed by atoms with Crippen molar-refractivity contribution in [1.82, 2.24) is 5.06 Å². The molecule has 4 atom stereocenters. The van der Waals surface area contributed by atoms with Gasteiger partial charge in [0.1, 0.15) is 0 Å². The standard InChI is InChI=1S/C10H8F3NO5S/c11-10(12,13)20(17,18)19-14-8(15)6-4-1-2-5(3-4)7(6)9(14)16/h1-2,4-7H,3H2/t4-,5?,6?,7?/m0/s1. The summed E-state index contributed by atoms with van der Waals surface area (Å²) in [6, 6.07) is 0. The lowest BCUT2D eigenvalue weighted by Crippen LogP contribution is -2.39. The van der Waals surface area contributed by atoms with Crippen LogP contribution >= 0.6 is 0 Å². The minimum absolute atomic E-state index is 0.246. The predicted molar refractivity (Wildman–Crippen MR) is 55.6 cm³/mol. The maximum Gasteiger partial charge on any atom is 0.525 e. The van der Waals surface area contributed by atoms with Gasteiger partial charge in [0, 0.05) is 0 Å². The fourth-order valence-electron chi connectivity index (χ4n) is 3.09. The van der Waals surface area contributed by atoms with Crippen molar-refractivity contribution in [3.05, 3.63) is 12.2 Å². The van der Waals surface area contributed by atoms with Crippen LogP contribution in [-0.4, -0.2) is 30.8 Å². The molecule has 2 amide bonds. The van der Waals surface area contributed by atoms with Crippen LogP contribution in [0.25, 0.3) is 0 Å². The topological polar surface area (TPSA) is 80.8 Å². The normalized spacial score (nSPS) is 36.0. The summed E-state index contributed by atoms with van der Waals surface area (Å²) in [5.74, 6) is -4.18. The molecule has 1 saturated heterocycles. The van der Waals surface area contributed by atoms with Gasteiger partial charge in [-0.15, -0.1) is 9.35 Å². The van der Waals surface area contributed by atoms with Crippen molar-refractivity contribution in [2.45, 2.75) is 11.9 Å². The smallest absolute Gasteiger partial charge is 0.272 e. The number of allylic oxidation sites excluding steroid dienone is 2. The summed E-state index contributed by atoms with van der Waals surface area (Å²) >= 11 is 0. The Bertz CT molecular complexity index is 595. The Kier molecular flexibility index (Phi) is 2.59. The summed E-state index contributed by atoms with van der Waals surface area (Å²) < 4.78 is 62.1. The van der Waals surface area contributed by atoms with Crippen LogP contribution in [0.5, 0.6) is 0 Å². The highest BCUT2D eigenvalue weighted by molar-refractivity contribution is 7.87. The number of hydrogen-bond acceptors (Lipinski definition) is 5. The van der Waals surface area contributed by atoms with Gasteiger partial charge in [0.2, 0.25) is 0 Å². The molecule has 0 aromatic rings. The third kappa shape index (κ3) is 1.64. The fraction of sp³-hybridized carbons (Fsp3) is 0.600. The van der Waals surface area contributed by atoms with E-state index in [1.54, 1.807) is 12.2 Å². The van der Waals surface area contributed by atoms with Crippen molar-refractivity contribution in [3.8, 4) is 0 Å². The Morgan fingerprint density at radius 1 is 1.10 bits per heavy atom. The molecule has 6 nitrogen and oxygen atoms in total. The van der Waals surface area contributed by atoms with Crippen LogP contribution in [0.2, 0.25) is 0 Å². The number of fused-ring (bicyclic) bond motifs is 5. The van der Waals surface area contributed by atoms with Crippen LogP contribution in [0.4, 0.5) is 13.2 Å². The van der Waals surface area contributed by atoms with E-state index in [1.165, 1.54) is 0 Å². The van der Waals surface area contributed by atoms with Gasteiger partial charge in [-0.25, -0.2) is 0 Å². The molecule has 0 spiro atoms. The number of imide groups is 1. The molecule has 2 fully saturated rings. The van der Waals surface area contributed by atoms with Crippen LogP contribution in [0, 0.1) is 23.7 Å². The summed E-state index contributed by atoms with van der Waals surface area (Å²) in [5, 5.41) is -0.246. The lowest BCUT2D eigenvalue weighted by atomic mass is 9.85. The van der Waals surface area contributed by atoms with E-state index in [2.05, 4.69) is 4.28 Å². The van der Waals surface area contributed by atoms with Crippen LogP contribution in [0.3, 0.4) is 0 Å². The first kappa shape index (κ1) is 13.6. The number of hydrogen-bond donors (Lipinski definition) is 0. The molecular weight excluding hydrogens is 303 g/mol. The summed E-state index contributed by atoms with van der Waals surface area (Å²) in [4.78, 5) is 23.8. The largest absolute Gasteiger partial charge is 0.525 e. The van der Waals surface area contributed by atoms with Crippen molar-refractivity contribution < 1.29 is 35.5 Å². The van der Waals surface area contributed by atoms with E-state index in [9.17, 15) is 31.2 Å². The molecular formula is C10H8F3NO5S. The molecule has 3 aliphatic rings. The van der Waals surface area contributed by atoms with Gasteiger partial charge in [-0.1, -0.05) is 12.2 Å². The third-order valence-electron chi connectivity index (χ3n) is 3.89. The van der Waals surface area contributed by atoms with Crippen LogP contribution in [0.1, 0.15) is 6.42 Å². The number of carbonyl (C=O) groups is 2. The average molecular weight is 311 g/mol. The van der Waals surface area contributed by atoms with Gasteiger partial charge in [0.15, 0.2) is 0 Å². The Morgan fingerprint density at radius 3 is 1.95 bits per heavy atom. The second-order valence-electron chi connectivity index (χ2n) is 4.95. The molecule has 1 aliphatic heterocycles. The van der Waals surface area contributed by atoms with Gasteiger partial charge in [-0.2, -0.15) is 21.6 Å². The van der Waals surface area contributed by atoms with Gasteiger partial charge in [-0.3, -0.25) is 9.59 Å². The molecule has 10 heteroatoms. The first-order chi connectivity index (χ1) is 9.13. The minimum Gasteiger partial charge on any atom is -0.272 e. The Morgan fingerprint density at radius 2 is 1.55 bits per heavy atom. The maximum atomic E-state index is 12.2. The number of carbonyl (C=O) groups excluding carboxylic acids is 2. The van der Waals surface area contributed by atoms with Crippen LogP contribution < -0.4 is 0 Å². The number of nitrogens with zero attached hydrogens (tertiary/aromatic N) is 1. The van der Waals surface area contributed by atoms with Crippen molar-refractivity contribution in [3.63, 3.8) is 0 Å². The molecule has 0 aromatic heterocycles. The first-order valence-corrected chi connectivity index (χ1v) is 7.11. The number of rotatable bonds is 2. The quantitative estimate of drug-likeness (QED) is 0.423. The predicted octanol–water partition coefficient (Wildman–Crippen LogP) is 0.575. The molecule has 0 N–H and O–H groups in total. The molecule has 3 rings (SSSR count).